The number of hydrogen-bond donors (Lipinski definition) is 1. The third-order valence-electron chi connectivity index (χ3n) is 4.27. The van der Waals surface area contributed by atoms with E-state index in [0.29, 0.717) is 29.7 Å². The average molecular weight is 498 g/mol. The molecule has 0 aliphatic heterocycles. The Morgan fingerprint density at radius 2 is 1.64 bits per heavy atom. The van der Waals surface area contributed by atoms with Gasteiger partial charge in [0.2, 0.25) is 6.04 Å². The quantitative estimate of drug-likeness (QED) is 0.324. The van der Waals surface area contributed by atoms with E-state index in [0.717, 1.165) is 0 Å². The van der Waals surface area contributed by atoms with Crippen molar-refractivity contribution in [1.82, 2.24) is 0 Å². The molecule has 0 aliphatic rings. The molecule has 0 radical (unpaired) electrons. The van der Waals surface area contributed by atoms with Gasteiger partial charge < -0.3 is 24.3 Å². The van der Waals surface area contributed by atoms with E-state index in [2.05, 4.69) is 15.5 Å². The smallest absolute Gasteiger partial charge is 0.258 e. The monoisotopic (exact) mass is 497 g/mol. The Bertz CT molecular complexity index is 1050. The lowest BCUT2D eigenvalue weighted by Gasteiger charge is -2.15. The predicted octanol–water partition coefficient (Wildman–Crippen LogP) is 5.49. The van der Waals surface area contributed by atoms with Gasteiger partial charge in [0.1, 0.15) is 11.5 Å². The molecule has 0 spiro atoms. The fraction of sp³-hybridized carbons (Fsp3) is 0.364. The Morgan fingerprint density at radius 1 is 0.970 bits per heavy atom. The molecule has 1 unspecified atom stereocenters. The topological polar surface area (TPSA) is 108 Å². The van der Waals surface area contributed by atoms with Crippen molar-refractivity contribution in [2.24, 2.45) is 10.2 Å². The zero-order chi connectivity index (χ0) is 24.5. The third-order valence-corrected chi connectivity index (χ3v) is 4.87. The lowest BCUT2D eigenvalue weighted by Crippen LogP contribution is -2.32. The molecule has 33 heavy (non-hydrogen) atoms. The highest BCUT2D eigenvalue weighted by Gasteiger charge is 2.26. The van der Waals surface area contributed by atoms with Gasteiger partial charge in [-0.15, -0.1) is 5.11 Å². The van der Waals surface area contributed by atoms with Gasteiger partial charge in [-0.3, -0.25) is 9.59 Å². The number of anilines is 1. The van der Waals surface area contributed by atoms with Crippen molar-refractivity contribution >= 4 is 46.3 Å². The number of ether oxygens (including phenoxy) is 4. The van der Waals surface area contributed by atoms with Gasteiger partial charge in [-0.1, -0.05) is 23.2 Å². The lowest BCUT2D eigenvalue weighted by molar-refractivity contribution is -0.126. The predicted molar refractivity (Wildman–Crippen MR) is 126 cm³/mol. The number of methoxy groups -OCH3 is 2. The number of nitrogens with one attached hydrogen (secondary N) is 1. The molecule has 2 aromatic carbocycles. The normalized spacial score (nSPS) is 11.7. The number of carbonyl (C=O) groups excluding carboxylic acids is 2. The van der Waals surface area contributed by atoms with E-state index in [9.17, 15) is 9.59 Å². The summed E-state index contributed by atoms with van der Waals surface area (Å²) in [5.74, 6) is -0.0847. The van der Waals surface area contributed by atoms with Gasteiger partial charge >= 0.3 is 0 Å². The van der Waals surface area contributed by atoms with Crippen LogP contribution in [0.2, 0.25) is 10.0 Å². The molecule has 0 aliphatic carbocycles. The van der Waals surface area contributed by atoms with Crippen molar-refractivity contribution in [2.45, 2.75) is 26.8 Å². The summed E-state index contributed by atoms with van der Waals surface area (Å²) in [5.41, 5.74) is 0.425. The number of Topliss-reactive ketones (excluding diaryl/α,β-unsaturated/α-hetero) is 1. The van der Waals surface area contributed by atoms with E-state index < -0.39 is 17.7 Å². The molecular weight excluding hydrogens is 473 g/mol. The molecular formula is C22H25Cl2N3O6. The number of halogens is 2. The number of benzene rings is 2. The second-order valence-electron chi connectivity index (χ2n) is 6.49. The number of hydrogen-bond acceptors (Lipinski definition) is 8. The first kappa shape index (κ1) is 26.2. The van der Waals surface area contributed by atoms with E-state index in [1.807, 2.05) is 0 Å². The molecule has 11 heteroatoms. The molecule has 1 N–H and O–H groups in total. The summed E-state index contributed by atoms with van der Waals surface area (Å²) < 4.78 is 21.6. The van der Waals surface area contributed by atoms with Gasteiger partial charge in [0.05, 0.1) is 43.2 Å². The lowest BCUT2D eigenvalue weighted by atomic mass is 10.2. The fourth-order valence-corrected chi connectivity index (χ4v) is 3.21. The maximum absolute atomic E-state index is 12.9. The minimum absolute atomic E-state index is 0.177. The fourth-order valence-electron chi connectivity index (χ4n) is 2.77. The molecule has 0 saturated heterocycles. The maximum Gasteiger partial charge on any atom is 0.258 e. The van der Waals surface area contributed by atoms with E-state index in [1.54, 1.807) is 26.0 Å². The second kappa shape index (κ2) is 12.3. The third kappa shape index (κ3) is 6.49. The number of azo groups is 1. The van der Waals surface area contributed by atoms with Crippen molar-refractivity contribution in [1.29, 1.82) is 0 Å². The molecule has 2 aromatic rings. The van der Waals surface area contributed by atoms with Crippen molar-refractivity contribution < 1.29 is 28.5 Å². The van der Waals surface area contributed by atoms with Crippen LogP contribution in [0.4, 0.5) is 11.4 Å². The van der Waals surface area contributed by atoms with E-state index in [1.165, 1.54) is 33.3 Å². The van der Waals surface area contributed by atoms with E-state index in [-0.39, 0.29) is 27.9 Å². The molecule has 0 fully saturated rings. The largest absolute Gasteiger partial charge is 0.495 e. The summed E-state index contributed by atoms with van der Waals surface area (Å²) >= 11 is 12.3. The van der Waals surface area contributed by atoms with Crippen LogP contribution >= 0.6 is 23.2 Å². The Labute approximate surface area is 202 Å². The summed E-state index contributed by atoms with van der Waals surface area (Å²) in [7, 11) is 2.85. The first-order valence-electron chi connectivity index (χ1n) is 9.99. The number of nitrogens with zero attached hydrogens (tertiary/aromatic N) is 2. The molecule has 0 aromatic heterocycles. The van der Waals surface area contributed by atoms with Gasteiger partial charge in [0.25, 0.3) is 5.91 Å². The molecule has 0 bridgehead atoms. The summed E-state index contributed by atoms with van der Waals surface area (Å²) in [5, 5.41) is 11.3. The van der Waals surface area contributed by atoms with Gasteiger partial charge in [-0.25, -0.2) is 0 Å². The number of carbonyl (C=O) groups is 2. The average Bonchev–Trinajstić information content (AvgIpc) is 2.78. The maximum atomic E-state index is 12.9. The molecule has 178 valence electrons. The zero-order valence-electron chi connectivity index (χ0n) is 18.9. The van der Waals surface area contributed by atoms with Crippen LogP contribution in [-0.4, -0.2) is 45.2 Å². The van der Waals surface area contributed by atoms with Gasteiger partial charge in [0.15, 0.2) is 23.0 Å². The van der Waals surface area contributed by atoms with Crippen LogP contribution in [0.3, 0.4) is 0 Å². The van der Waals surface area contributed by atoms with Crippen molar-refractivity contribution in [3.05, 3.63) is 34.3 Å². The van der Waals surface area contributed by atoms with Crippen molar-refractivity contribution in [3.8, 4) is 23.0 Å². The van der Waals surface area contributed by atoms with Crippen molar-refractivity contribution in [2.75, 3.05) is 32.8 Å². The standard InChI is InChI=1S/C22H25Cl2N3O6/c1-6-32-16-9-8-13(23)21(33-7-2)20(16)27-26-19(12(3)28)22(29)25-15-11-17(30-4)14(24)10-18(15)31-5/h8-11,19H,6-7H2,1-5H3,(H,25,29). The van der Waals surface area contributed by atoms with Gasteiger partial charge in [-0.2, -0.15) is 5.11 Å². The van der Waals surface area contributed by atoms with Crippen LogP contribution in [0.1, 0.15) is 20.8 Å². The highest BCUT2D eigenvalue weighted by atomic mass is 35.5. The SMILES string of the molecule is CCOc1ccc(Cl)c(OCC)c1N=NC(C(C)=O)C(=O)Nc1cc(OC)c(Cl)cc1OC. The molecule has 9 nitrogen and oxygen atoms in total. The summed E-state index contributed by atoms with van der Waals surface area (Å²) in [6, 6.07) is 4.71. The summed E-state index contributed by atoms with van der Waals surface area (Å²) in [6.07, 6.45) is 0. The highest BCUT2D eigenvalue weighted by molar-refractivity contribution is 6.33. The van der Waals surface area contributed by atoms with Crippen LogP contribution in [0.25, 0.3) is 0 Å². The number of rotatable bonds is 11. The molecule has 2 rings (SSSR count). The van der Waals surface area contributed by atoms with Crippen LogP contribution in [0.5, 0.6) is 23.0 Å². The molecule has 0 heterocycles. The molecule has 0 saturated carbocycles. The first-order valence-corrected chi connectivity index (χ1v) is 10.7. The Balaban J connectivity index is 2.42. The van der Waals surface area contributed by atoms with Crippen molar-refractivity contribution in [3.63, 3.8) is 0 Å². The van der Waals surface area contributed by atoms with E-state index in [4.69, 9.17) is 42.1 Å². The highest BCUT2D eigenvalue weighted by Crippen LogP contribution is 2.43. The van der Waals surface area contributed by atoms with Gasteiger partial charge in [-0.05, 0) is 32.9 Å². The molecule has 1 amide bonds. The summed E-state index contributed by atoms with van der Waals surface area (Å²) in [6.45, 7) is 5.48. The minimum atomic E-state index is -1.46. The minimum Gasteiger partial charge on any atom is -0.495 e. The number of ketones is 1. The van der Waals surface area contributed by atoms with Gasteiger partial charge in [0, 0.05) is 12.1 Å². The second-order valence-corrected chi connectivity index (χ2v) is 7.31. The molecule has 1 atom stereocenters. The number of amides is 1. The van der Waals surface area contributed by atoms with Crippen LogP contribution in [0.15, 0.2) is 34.5 Å². The summed E-state index contributed by atoms with van der Waals surface area (Å²) in [4.78, 5) is 25.1. The van der Waals surface area contributed by atoms with Crippen LogP contribution < -0.4 is 24.3 Å². The Morgan fingerprint density at radius 3 is 2.21 bits per heavy atom. The van der Waals surface area contributed by atoms with Crippen LogP contribution in [-0.2, 0) is 9.59 Å². The zero-order valence-corrected chi connectivity index (χ0v) is 20.4. The Kier molecular flexibility index (Phi) is 9.74. The Hall–Kier alpha value is -3.04. The van der Waals surface area contributed by atoms with E-state index >= 15 is 0 Å². The van der Waals surface area contributed by atoms with Crippen LogP contribution in [0, 0.1) is 0 Å². The first-order chi connectivity index (χ1) is 15.8.